The lowest BCUT2D eigenvalue weighted by molar-refractivity contribution is 0.295. The molecule has 0 aliphatic carbocycles. The van der Waals surface area contributed by atoms with Crippen LogP contribution in [0.15, 0.2) is 36.4 Å². The quantitative estimate of drug-likeness (QED) is 0.829. The minimum Gasteiger partial charge on any atom is -0.301 e. The Morgan fingerprint density at radius 3 is 2.42 bits per heavy atom. The number of likely N-dealkylation sites (N-methyl/N-ethyl adjacent to an activating group) is 1. The number of benzene rings is 2. The first kappa shape index (κ1) is 19.5. The summed E-state index contributed by atoms with van der Waals surface area (Å²) in [5, 5.41) is 1.30. The van der Waals surface area contributed by atoms with Crippen LogP contribution in [0.2, 0.25) is 10.0 Å². The third kappa shape index (κ3) is 4.00. The molecule has 1 heterocycles. The number of halogens is 2. The molecule has 0 amide bonds. The molecular weight excluding hydrogens is 393 g/mol. The van der Waals surface area contributed by atoms with E-state index in [1.807, 2.05) is 18.2 Å². The summed E-state index contributed by atoms with van der Waals surface area (Å²) in [5.74, 6) is 0.124. The maximum atomic E-state index is 11.9. The maximum absolute atomic E-state index is 11.9. The Morgan fingerprint density at radius 1 is 1.15 bits per heavy atom. The van der Waals surface area contributed by atoms with Crippen molar-refractivity contribution in [3.05, 3.63) is 63.1 Å². The highest BCUT2D eigenvalue weighted by molar-refractivity contribution is 7.90. The van der Waals surface area contributed by atoms with Crippen LogP contribution >= 0.6 is 23.2 Å². The molecule has 0 saturated heterocycles. The molecule has 26 heavy (non-hydrogen) atoms. The normalized spacial score (nSPS) is 18.0. The van der Waals surface area contributed by atoms with E-state index in [1.54, 1.807) is 18.2 Å². The summed E-state index contributed by atoms with van der Waals surface area (Å²) < 4.78 is 27.6. The van der Waals surface area contributed by atoms with Gasteiger partial charge in [-0.15, -0.1) is 0 Å². The van der Waals surface area contributed by atoms with Crippen LogP contribution in [0, 0.1) is 0 Å². The molecule has 1 atom stereocenters. The third-order valence-electron chi connectivity index (χ3n) is 4.53. The Labute approximate surface area is 164 Å². The van der Waals surface area contributed by atoms with Gasteiger partial charge >= 0.3 is 10.2 Å². The summed E-state index contributed by atoms with van der Waals surface area (Å²) in [6, 6.07) is 11.2. The fourth-order valence-corrected chi connectivity index (χ4v) is 4.34. The van der Waals surface area contributed by atoms with Crippen LogP contribution in [0.4, 0.5) is 5.69 Å². The van der Waals surface area contributed by atoms with Gasteiger partial charge in [-0.3, -0.25) is 4.72 Å². The molecule has 1 aliphatic rings. The summed E-state index contributed by atoms with van der Waals surface area (Å²) in [5.41, 5.74) is 3.83. The van der Waals surface area contributed by atoms with Gasteiger partial charge < -0.3 is 4.90 Å². The van der Waals surface area contributed by atoms with Crippen LogP contribution in [-0.2, 0) is 16.8 Å². The van der Waals surface area contributed by atoms with E-state index in [9.17, 15) is 8.42 Å². The van der Waals surface area contributed by atoms with Gasteiger partial charge in [0, 0.05) is 48.8 Å². The van der Waals surface area contributed by atoms with Crippen molar-refractivity contribution in [2.45, 2.75) is 12.5 Å². The Kier molecular flexibility index (Phi) is 5.51. The lowest BCUT2D eigenvalue weighted by Crippen LogP contribution is -2.31. The van der Waals surface area contributed by atoms with Gasteiger partial charge in [-0.05, 0) is 48.0 Å². The molecule has 1 unspecified atom stereocenters. The van der Waals surface area contributed by atoms with Gasteiger partial charge in [0.15, 0.2) is 0 Å². The second kappa shape index (κ2) is 7.37. The lowest BCUT2D eigenvalue weighted by Gasteiger charge is -2.33. The van der Waals surface area contributed by atoms with E-state index in [4.69, 9.17) is 23.2 Å². The number of nitrogens with zero attached hydrogens (tertiary/aromatic N) is 2. The van der Waals surface area contributed by atoms with Gasteiger partial charge in [0.25, 0.3) is 0 Å². The van der Waals surface area contributed by atoms with E-state index in [1.165, 1.54) is 14.1 Å². The van der Waals surface area contributed by atoms with Gasteiger partial charge in [-0.25, -0.2) is 0 Å². The minimum atomic E-state index is -3.52. The van der Waals surface area contributed by atoms with Gasteiger partial charge in [-0.1, -0.05) is 35.3 Å². The van der Waals surface area contributed by atoms with Crippen LogP contribution in [0.1, 0.15) is 22.6 Å². The van der Waals surface area contributed by atoms with Gasteiger partial charge in [0.05, 0.1) is 0 Å². The fourth-order valence-electron chi connectivity index (χ4n) is 3.15. The molecular formula is C18H21Cl2N3O2S. The van der Waals surface area contributed by atoms with E-state index in [-0.39, 0.29) is 5.92 Å². The van der Waals surface area contributed by atoms with Crippen molar-refractivity contribution >= 4 is 39.1 Å². The molecule has 5 nitrogen and oxygen atoms in total. The SMILES string of the molecule is CN1Cc2c(Cl)cc(Cl)cc2C(c2ccc(NS(=O)(=O)N(C)C)cc2)C1. The number of anilines is 1. The summed E-state index contributed by atoms with van der Waals surface area (Å²) in [6.07, 6.45) is 0. The predicted molar refractivity (Wildman–Crippen MR) is 107 cm³/mol. The summed E-state index contributed by atoms with van der Waals surface area (Å²) in [7, 11) is 1.51. The molecule has 2 aromatic carbocycles. The topological polar surface area (TPSA) is 52.7 Å². The van der Waals surface area contributed by atoms with Crippen molar-refractivity contribution in [2.24, 2.45) is 0 Å². The predicted octanol–water partition coefficient (Wildman–Crippen LogP) is 3.79. The Morgan fingerprint density at radius 2 is 1.81 bits per heavy atom. The summed E-state index contributed by atoms with van der Waals surface area (Å²) >= 11 is 12.6. The zero-order chi connectivity index (χ0) is 19.1. The van der Waals surface area contributed by atoms with Crippen LogP contribution < -0.4 is 4.72 Å². The molecule has 140 valence electrons. The largest absolute Gasteiger partial charge is 0.301 e. The van der Waals surface area contributed by atoms with E-state index in [0.29, 0.717) is 15.7 Å². The highest BCUT2D eigenvalue weighted by Crippen LogP contribution is 2.38. The number of hydrogen-bond acceptors (Lipinski definition) is 3. The van der Waals surface area contributed by atoms with E-state index in [0.717, 1.165) is 34.1 Å². The van der Waals surface area contributed by atoms with Crippen molar-refractivity contribution in [1.29, 1.82) is 0 Å². The molecule has 0 bridgehead atoms. The average Bonchev–Trinajstić information content (AvgIpc) is 2.55. The molecule has 0 spiro atoms. The molecule has 0 fully saturated rings. The highest BCUT2D eigenvalue weighted by atomic mass is 35.5. The van der Waals surface area contributed by atoms with Crippen LogP contribution in [0.25, 0.3) is 0 Å². The van der Waals surface area contributed by atoms with E-state index < -0.39 is 10.2 Å². The molecule has 0 saturated carbocycles. The van der Waals surface area contributed by atoms with Crippen molar-refractivity contribution in [2.75, 3.05) is 32.4 Å². The zero-order valence-corrected chi connectivity index (χ0v) is 17.2. The number of rotatable bonds is 4. The standard InChI is InChI=1S/C18H21Cl2N3O2S/c1-22(2)26(24,25)21-14-6-4-12(5-7-14)16-10-23(3)11-17-15(16)8-13(19)9-18(17)20/h4-9,16,21H,10-11H2,1-3H3. The summed E-state index contributed by atoms with van der Waals surface area (Å²) in [6.45, 7) is 1.62. The zero-order valence-electron chi connectivity index (χ0n) is 14.8. The molecule has 0 radical (unpaired) electrons. The first-order chi connectivity index (χ1) is 12.2. The van der Waals surface area contributed by atoms with E-state index in [2.05, 4.69) is 16.7 Å². The number of hydrogen-bond donors (Lipinski definition) is 1. The van der Waals surface area contributed by atoms with Crippen molar-refractivity contribution in [1.82, 2.24) is 9.21 Å². The smallest absolute Gasteiger partial charge is 0.301 e. The fraction of sp³-hybridized carbons (Fsp3) is 0.333. The average molecular weight is 414 g/mol. The Bertz CT molecular complexity index is 915. The minimum absolute atomic E-state index is 0.124. The Hall–Kier alpha value is -1.31. The second-order valence-electron chi connectivity index (χ2n) is 6.72. The van der Waals surface area contributed by atoms with Crippen LogP contribution in [-0.4, -0.2) is 45.3 Å². The highest BCUT2D eigenvalue weighted by Gasteiger charge is 2.27. The first-order valence-electron chi connectivity index (χ1n) is 8.14. The lowest BCUT2D eigenvalue weighted by atomic mass is 9.85. The van der Waals surface area contributed by atoms with Gasteiger partial charge in [-0.2, -0.15) is 12.7 Å². The number of fused-ring (bicyclic) bond motifs is 1. The van der Waals surface area contributed by atoms with Crippen molar-refractivity contribution in [3.8, 4) is 0 Å². The van der Waals surface area contributed by atoms with Crippen LogP contribution in [0.5, 0.6) is 0 Å². The molecule has 3 rings (SSSR count). The molecule has 1 N–H and O–H groups in total. The van der Waals surface area contributed by atoms with Crippen molar-refractivity contribution in [3.63, 3.8) is 0 Å². The van der Waals surface area contributed by atoms with Crippen LogP contribution in [0.3, 0.4) is 0 Å². The molecule has 2 aromatic rings. The third-order valence-corrected chi connectivity index (χ3v) is 6.54. The van der Waals surface area contributed by atoms with Crippen molar-refractivity contribution < 1.29 is 8.42 Å². The first-order valence-corrected chi connectivity index (χ1v) is 10.3. The van der Waals surface area contributed by atoms with E-state index >= 15 is 0 Å². The summed E-state index contributed by atoms with van der Waals surface area (Å²) in [4.78, 5) is 2.22. The maximum Gasteiger partial charge on any atom is 0.301 e. The molecule has 8 heteroatoms. The second-order valence-corrected chi connectivity index (χ2v) is 9.44. The monoisotopic (exact) mass is 413 g/mol. The van der Waals surface area contributed by atoms with Gasteiger partial charge in [0.2, 0.25) is 0 Å². The molecule has 0 aromatic heterocycles. The molecule has 1 aliphatic heterocycles. The Balaban J connectivity index is 1.93. The number of nitrogens with one attached hydrogen (secondary N) is 1. The van der Waals surface area contributed by atoms with Gasteiger partial charge in [0.1, 0.15) is 0 Å².